The summed E-state index contributed by atoms with van der Waals surface area (Å²) < 4.78 is 6.89. The molecule has 0 atom stereocenters. The zero-order valence-electron chi connectivity index (χ0n) is 30.8. The molecule has 0 spiro atoms. The molecule has 0 bridgehead atoms. The van der Waals surface area contributed by atoms with Gasteiger partial charge in [0.1, 0.15) is 11.2 Å². The van der Waals surface area contributed by atoms with E-state index in [9.17, 15) is 0 Å². The Bertz CT molecular complexity index is 3260. The van der Waals surface area contributed by atoms with Gasteiger partial charge < -0.3 is 4.42 Å². The van der Waals surface area contributed by atoms with Crippen LogP contribution in [0.2, 0.25) is 0 Å². The van der Waals surface area contributed by atoms with Gasteiger partial charge in [-0.1, -0.05) is 176 Å². The molecule has 0 saturated carbocycles. The van der Waals surface area contributed by atoms with Crippen LogP contribution in [0.1, 0.15) is 0 Å². The van der Waals surface area contributed by atoms with E-state index < -0.39 is 0 Å². The Kier molecular flexibility index (Phi) is 7.78. The second-order valence-corrected chi connectivity index (χ2v) is 14.4. The highest BCUT2D eigenvalue weighted by Crippen LogP contribution is 2.43. The van der Waals surface area contributed by atoms with Gasteiger partial charge in [-0.3, -0.25) is 0 Å². The van der Waals surface area contributed by atoms with Crippen molar-refractivity contribution >= 4 is 43.5 Å². The lowest BCUT2D eigenvalue weighted by atomic mass is 9.94. The van der Waals surface area contributed by atoms with Crippen LogP contribution in [0.4, 0.5) is 0 Å². The Morgan fingerprint density at radius 1 is 0.298 bits per heavy atom. The van der Waals surface area contributed by atoms with Crippen LogP contribution in [0.5, 0.6) is 0 Å². The maximum absolute atomic E-state index is 6.89. The monoisotopic (exact) mass is 727 g/mol. The standard InChI is InChI=1S/C53H33N3O/c1-3-11-34(12-4-1)36-19-24-38(25-20-36)45-29-30-46(50-49(45)47-32-42-17-9-10-18-43(42)33-48(47)57-50)53-55-51(39-14-5-2-6-15-39)54-52(56-53)40-26-21-37(22-27-40)44-28-23-35-13-7-8-16-41(35)31-44/h1-33H. The van der Waals surface area contributed by atoms with Crippen LogP contribution >= 0.6 is 0 Å². The highest BCUT2D eigenvalue weighted by Gasteiger charge is 2.21. The Morgan fingerprint density at radius 3 is 1.44 bits per heavy atom. The number of hydrogen-bond donors (Lipinski definition) is 0. The lowest BCUT2D eigenvalue weighted by Gasteiger charge is -2.11. The summed E-state index contributed by atoms with van der Waals surface area (Å²) >= 11 is 0. The van der Waals surface area contributed by atoms with Crippen molar-refractivity contribution in [3.63, 3.8) is 0 Å². The third-order valence-electron chi connectivity index (χ3n) is 10.9. The normalized spacial score (nSPS) is 11.5. The van der Waals surface area contributed by atoms with E-state index in [1.807, 2.05) is 36.4 Å². The summed E-state index contributed by atoms with van der Waals surface area (Å²) in [5.74, 6) is 1.75. The Morgan fingerprint density at radius 2 is 0.754 bits per heavy atom. The molecule has 11 aromatic rings. The van der Waals surface area contributed by atoms with E-state index in [0.717, 1.165) is 71.7 Å². The first-order valence-corrected chi connectivity index (χ1v) is 19.2. The summed E-state index contributed by atoms with van der Waals surface area (Å²) in [6, 6.07) is 70.0. The Hall–Kier alpha value is -7.69. The number of nitrogens with zero attached hydrogens (tertiary/aromatic N) is 3. The van der Waals surface area contributed by atoms with E-state index in [1.54, 1.807) is 0 Å². The molecule has 266 valence electrons. The third kappa shape index (κ3) is 5.92. The van der Waals surface area contributed by atoms with Crippen LogP contribution in [0, 0.1) is 0 Å². The second-order valence-electron chi connectivity index (χ2n) is 14.4. The molecular weight excluding hydrogens is 695 g/mol. The average Bonchev–Trinajstić information content (AvgIpc) is 3.66. The average molecular weight is 728 g/mol. The SMILES string of the molecule is c1ccc(-c2ccc(-c3ccc(-c4nc(-c5ccccc5)nc(-c5ccc(-c6ccc7ccccc7c6)cc5)n4)c4oc5cc6ccccc6cc5c34)cc2)cc1. The van der Waals surface area contributed by atoms with Gasteiger partial charge in [0.05, 0.1) is 5.56 Å². The third-order valence-corrected chi connectivity index (χ3v) is 10.9. The van der Waals surface area contributed by atoms with Gasteiger partial charge in [-0.15, -0.1) is 0 Å². The molecule has 0 radical (unpaired) electrons. The molecule has 0 amide bonds. The van der Waals surface area contributed by atoms with E-state index in [4.69, 9.17) is 19.4 Å². The lowest BCUT2D eigenvalue weighted by molar-refractivity contribution is 0.670. The summed E-state index contributed by atoms with van der Waals surface area (Å²) in [6.07, 6.45) is 0. The van der Waals surface area contributed by atoms with Crippen LogP contribution in [-0.2, 0) is 0 Å². The smallest absolute Gasteiger partial charge is 0.167 e. The molecule has 0 saturated heterocycles. The van der Waals surface area contributed by atoms with Crippen LogP contribution in [0.3, 0.4) is 0 Å². The molecule has 11 rings (SSSR count). The van der Waals surface area contributed by atoms with Gasteiger partial charge in [0.15, 0.2) is 17.5 Å². The first-order valence-electron chi connectivity index (χ1n) is 19.2. The minimum Gasteiger partial charge on any atom is -0.455 e. The Labute approximate surface area is 329 Å². The first-order chi connectivity index (χ1) is 28.2. The maximum Gasteiger partial charge on any atom is 0.167 e. The molecule has 0 N–H and O–H groups in total. The van der Waals surface area contributed by atoms with Gasteiger partial charge in [0.2, 0.25) is 0 Å². The van der Waals surface area contributed by atoms with Crippen molar-refractivity contribution in [1.82, 2.24) is 15.0 Å². The van der Waals surface area contributed by atoms with E-state index in [1.165, 1.54) is 21.9 Å². The molecule has 9 aromatic carbocycles. The fraction of sp³-hybridized carbons (Fsp3) is 0. The van der Waals surface area contributed by atoms with Crippen LogP contribution in [0.25, 0.3) is 111 Å². The van der Waals surface area contributed by atoms with Gasteiger partial charge >= 0.3 is 0 Å². The molecule has 0 aliphatic carbocycles. The van der Waals surface area contributed by atoms with Crippen LogP contribution < -0.4 is 0 Å². The second kappa shape index (κ2) is 13.6. The largest absolute Gasteiger partial charge is 0.455 e. The van der Waals surface area contributed by atoms with E-state index in [2.05, 4.69) is 164 Å². The molecule has 0 unspecified atom stereocenters. The number of aromatic nitrogens is 3. The zero-order valence-corrected chi connectivity index (χ0v) is 30.8. The topological polar surface area (TPSA) is 51.8 Å². The quantitative estimate of drug-likeness (QED) is 0.171. The number of benzene rings is 9. The molecule has 4 nitrogen and oxygen atoms in total. The number of fused-ring (bicyclic) bond motifs is 5. The molecule has 0 fully saturated rings. The summed E-state index contributed by atoms with van der Waals surface area (Å²) in [7, 11) is 0. The van der Waals surface area contributed by atoms with Crippen LogP contribution in [-0.4, -0.2) is 15.0 Å². The minimum absolute atomic E-state index is 0.553. The lowest BCUT2D eigenvalue weighted by Crippen LogP contribution is -2.00. The molecule has 2 heterocycles. The molecule has 0 aliphatic rings. The predicted octanol–water partition coefficient (Wildman–Crippen LogP) is 14.1. The van der Waals surface area contributed by atoms with Crippen molar-refractivity contribution in [2.75, 3.05) is 0 Å². The van der Waals surface area contributed by atoms with Gasteiger partial charge in [-0.2, -0.15) is 0 Å². The number of rotatable bonds is 6. The van der Waals surface area contributed by atoms with E-state index in [0.29, 0.717) is 17.5 Å². The highest BCUT2D eigenvalue weighted by molar-refractivity contribution is 6.18. The van der Waals surface area contributed by atoms with Crippen molar-refractivity contribution in [3.05, 3.63) is 200 Å². The Balaban J connectivity index is 1.08. The van der Waals surface area contributed by atoms with E-state index in [-0.39, 0.29) is 0 Å². The van der Waals surface area contributed by atoms with Crippen LogP contribution in [0.15, 0.2) is 205 Å². The highest BCUT2D eigenvalue weighted by atomic mass is 16.3. The summed E-state index contributed by atoms with van der Waals surface area (Å²) in [4.78, 5) is 15.4. The fourth-order valence-electron chi connectivity index (χ4n) is 7.98. The van der Waals surface area contributed by atoms with Crippen molar-refractivity contribution in [1.29, 1.82) is 0 Å². The summed E-state index contributed by atoms with van der Waals surface area (Å²) in [5, 5.41) is 6.81. The van der Waals surface area contributed by atoms with Crippen molar-refractivity contribution in [3.8, 4) is 67.5 Å². The van der Waals surface area contributed by atoms with Crippen molar-refractivity contribution in [2.24, 2.45) is 0 Å². The molecule has 2 aromatic heterocycles. The fourth-order valence-corrected chi connectivity index (χ4v) is 7.98. The van der Waals surface area contributed by atoms with Gasteiger partial charge in [0.25, 0.3) is 0 Å². The van der Waals surface area contributed by atoms with Gasteiger partial charge in [-0.25, -0.2) is 15.0 Å². The summed E-state index contributed by atoms with van der Waals surface area (Å²) in [6.45, 7) is 0. The van der Waals surface area contributed by atoms with Gasteiger partial charge in [0, 0.05) is 21.9 Å². The molecule has 4 heteroatoms. The summed E-state index contributed by atoms with van der Waals surface area (Å²) in [5.41, 5.74) is 11.0. The maximum atomic E-state index is 6.89. The molecule has 57 heavy (non-hydrogen) atoms. The molecule has 0 aliphatic heterocycles. The number of hydrogen-bond acceptors (Lipinski definition) is 4. The van der Waals surface area contributed by atoms with E-state index >= 15 is 0 Å². The molecular formula is C53H33N3O. The minimum atomic E-state index is 0.553. The predicted molar refractivity (Wildman–Crippen MR) is 235 cm³/mol. The number of furan rings is 1. The van der Waals surface area contributed by atoms with Crippen molar-refractivity contribution in [2.45, 2.75) is 0 Å². The van der Waals surface area contributed by atoms with Crippen molar-refractivity contribution < 1.29 is 4.42 Å². The van der Waals surface area contributed by atoms with Gasteiger partial charge in [-0.05, 0) is 79.2 Å². The first kappa shape index (κ1) is 32.7. The zero-order chi connectivity index (χ0) is 37.7.